The smallest absolute Gasteiger partial charge is 0.246 e. The summed E-state index contributed by atoms with van der Waals surface area (Å²) in [6.07, 6.45) is 0. The average molecular weight is 482 g/mol. The zero-order valence-electron chi connectivity index (χ0n) is 13.2. The number of nitrogens with zero attached hydrogens (tertiary/aromatic N) is 2. The number of anilines is 1. The molecule has 0 bridgehead atoms. The summed E-state index contributed by atoms with van der Waals surface area (Å²) in [5.74, 6) is 1.01. The molecule has 0 atom stereocenters. The Hall–Kier alpha value is -1.77. The van der Waals surface area contributed by atoms with Crippen LogP contribution >= 0.6 is 44.1 Å². The molecule has 0 fully saturated rings. The Morgan fingerprint density at radius 3 is 2.80 bits per heavy atom. The van der Waals surface area contributed by atoms with Crippen molar-refractivity contribution in [1.29, 1.82) is 0 Å². The van der Waals surface area contributed by atoms with Crippen LogP contribution in [0.3, 0.4) is 0 Å². The molecule has 0 saturated heterocycles. The molecule has 1 heterocycles. The Kier molecular flexibility index (Phi) is 5.82. The summed E-state index contributed by atoms with van der Waals surface area (Å²) >= 11 is 12.2. The van der Waals surface area contributed by atoms with Crippen LogP contribution in [-0.2, 0) is 6.54 Å². The minimum absolute atomic E-state index is 0.350. The largest absolute Gasteiger partial charge is 0.353 e. The molecule has 3 rings (SSSR count). The van der Waals surface area contributed by atoms with Crippen molar-refractivity contribution in [1.82, 2.24) is 15.5 Å². The van der Waals surface area contributed by atoms with Gasteiger partial charge in [0, 0.05) is 20.2 Å². The Morgan fingerprint density at radius 1 is 1.20 bits per heavy atom. The van der Waals surface area contributed by atoms with Crippen molar-refractivity contribution in [3.63, 3.8) is 0 Å². The zero-order valence-corrected chi connectivity index (χ0v) is 17.2. The van der Waals surface area contributed by atoms with Crippen LogP contribution in [-0.4, -0.2) is 15.3 Å². The van der Waals surface area contributed by atoms with Gasteiger partial charge in [0.05, 0.1) is 6.54 Å². The Bertz CT molecular complexity index is 913. The predicted octanol–water partition coefficient (Wildman–Crippen LogP) is 5.06. The Labute approximate surface area is 167 Å². The van der Waals surface area contributed by atoms with Crippen molar-refractivity contribution in [2.24, 2.45) is 0 Å². The molecule has 3 aromatic rings. The van der Waals surface area contributed by atoms with E-state index >= 15 is 0 Å². The van der Waals surface area contributed by atoms with Gasteiger partial charge < -0.3 is 15.2 Å². The number of hydrogen-bond acceptors (Lipinski definition) is 4. The second-order valence-corrected chi connectivity index (χ2v) is 7.47. The number of aromatic nitrogens is 2. The molecule has 0 unspecified atom stereocenters. The molecular formula is C17H14Br2N4OS. The number of halogens is 2. The van der Waals surface area contributed by atoms with Crippen LogP contribution in [0.15, 0.2) is 55.9 Å². The van der Waals surface area contributed by atoms with Gasteiger partial charge in [-0.2, -0.15) is 4.98 Å². The molecule has 0 saturated carbocycles. The first-order valence-corrected chi connectivity index (χ1v) is 9.40. The lowest BCUT2D eigenvalue weighted by Crippen LogP contribution is -2.28. The third-order valence-electron chi connectivity index (χ3n) is 3.37. The van der Waals surface area contributed by atoms with Crippen LogP contribution in [0, 0.1) is 6.92 Å². The first kappa shape index (κ1) is 18.0. The maximum atomic E-state index is 5.30. The maximum absolute atomic E-state index is 5.30. The molecule has 8 heteroatoms. The van der Waals surface area contributed by atoms with Crippen LogP contribution in [0.25, 0.3) is 11.4 Å². The van der Waals surface area contributed by atoms with Crippen molar-refractivity contribution >= 4 is 54.9 Å². The number of rotatable bonds is 4. The lowest BCUT2D eigenvalue weighted by molar-refractivity contribution is 0.376. The number of benzene rings is 2. The molecular weight excluding hydrogens is 468 g/mol. The number of hydrogen-bond donors (Lipinski definition) is 2. The van der Waals surface area contributed by atoms with Crippen molar-refractivity contribution in [2.45, 2.75) is 13.5 Å². The molecule has 2 N–H and O–H groups in total. The predicted molar refractivity (Wildman–Crippen MR) is 109 cm³/mol. The summed E-state index contributed by atoms with van der Waals surface area (Å²) < 4.78 is 7.28. The molecule has 0 aliphatic heterocycles. The molecule has 0 aliphatic rings. The quantitative estimate of drug-likeness (QED) is 0.508. The molecule has 25 heavy (non-hydrogen) atoms. The summed E-state index contributed by atoms with van der Waals surface area (Å²) in [7, 11) is 0. The minimum atomic E-state index is 0.350. The highest BCUT2D eigenvalue weighted by Gasteiger charge is 2.09. The molecule has 0 radical (unpaired) electrons. The van der Waals surface area contributed by atoms with Gasteiger partial charge in [-0.15, -0.1) is 0 Å². The van der Waals surface area contributed by atoms with Crippen LogP contribution < -0.4 is 10.6 Å². The molecule has 5 nitrogen and oxygen atoms in total. The highest BCUT2D eigenvalue weighted by Crippen LogP contribution is 2.21. The van der Waals surface area contributed by atoms with E-state index in [2.05, 4.69) is 52.6 Å². The first-order chi connectivity index (χ1) is 12.0. The van der Waals surface area contributed by atoms with Gasteiger partial charge in [0.25, 0.3) is 0 Å². The van der Waals surface area contributed by atoms with Gasteiger partial charge in [0.1, 0.15) is 0 Å². The minimum Gasteiger partial charge on any atom is -0.353 e. The summed E-state index contributed by atoms with van der Waals surface area (Å²) in [5.41, 5.74) is 2.93. The molecule has 2 aromatic carbocycles. The molecule has 0 spiro atoms. The number of nitrogens with one attached hydrogen (secondary N) is 2. The van der Waals surface area contributed by atoms with E-state index in [1.54, 1.807) is 0 Å². The van der Waals surface area contributed by atoms with Crippen LogP contribution in [0.5, 0.6) is 0 Å². The van der Waals surface area contributed by atoms with E-state index < -0.39 is 0 Å². The second kappa shape index (κ2) is 8.07. The van der Waals surface area contributed by atoms with Gasteiger partial charge in [-0.1, -0.05) is 49.1 Å². The fourth-order valence-electron chi connectivity index (χ4n) is 2.13. The third-order valence-corrected chi connectivity index (χ3v) is 5.00. The zero-order chi connectivity index (χ0) is 17.8. The van der Waals surface area contributed by atoms with E-state index in [9.17, 15) is 0 Å². The monoisotopic (exact) mass is 480 g/mol. The normalized spacial score (nSPS) is 10.5. The van der Waals surface area contributed by atoms with Gasteiger partial charge >= 0.3 is 0 Å². The Morgan fingerprint density at radius 2 is 2.04 bits per heavy atom. The lowest BCUT2D eigenvalue weighted by atomic mass is 10.2. The standard InChI is InChI=1S/C17H14Br2N4OS/c1-10-7-13(5-6-14(10)19)21-17(25)20-9-15-22-16(23-24-15)11-3-2-4-12(18)8-11/h2-8H,9H2,1H3,(H2,20,21,25). The van der Waals surface area contributed by atoms with Gasteiger partial charge in [-0.05, 0) is 55.0 Å². The summed E-state index contributed by atoms with van der Waals surface area (Å²) in [5, 5.41) is 10.7. The fraction of sp³-hybridized carbons (Fsp3) is 0.118. The van der Waals surface area contributed by atoms with E-state index in [-0.39, 0.29) is 0 Å². The number of thiocarbonyl (C=S) groups is 1. The topological polar surface area (TPSA) is 63.0 Å². The Balaban J connectivity index is 1.58. The average Bonchev–Trinajstić information content (AvgIpc) is 3.05. The highest BCUT2D eigenvalue weighted by molar-refractivity contribution is 9.10. The fourth-order valence-corrected chi connectivity index (χ4v) is 2.96. The molecule has 0 amide bonds. The molecule has 1 aromatic heterocycles. The molecule has 0 aliphatic carbocycles. The van der Waals surface area contributed by atoms with Gasteiger partial charge in [0.2, 0.25) is 11.7 Å². The summed E-state index contributed by atoms with van der Waals surface area (Å²) in [6, 6.07) is 13.7. The first-order valence-electron chi connectivity index (χ1n) is 7.41. The van der Waals surface area contributed by atoms with E-state index in [1.165, 1.54) is 0 Å². The van der Waals surface area contributed by atoms with E-state index in [0.29, 0.717) is 23.4 Å². The van der Waals surface area contributed by atoms with E-state index in [1.807, 2.05) is 49.4 Å². The second-order valence-electron chi connectivity index (χ2n) is 5.29. The van der Waals surface area contributed by atoms with Crippen LogP contribution in [0.4, 0.5) is 5.69 Å². The van der Waals surface area contributed by atoms with Gasteiger partial charge in [-0.25, -0.2) is 0 Å². The van der Waals surface area contributed by atoms with Gasteiger partial charge in [-0.3, -0.25) is 0 Å². The number of aryl methyl sites for hydroxylation is 1. The van der Waals surface area contributed by atoms with Crippen molar-refractivity contribution in [3.05, 3.63) is 62.9 Å². The lowest BCUT2D eigenvalue weighted by Gasteiger charge is -2.10. The molecule has 128 valence electrons. The SMILES string of the molecule is Cc1cc(NC(=S)NCc2nc(-c3cccc(Br)c3)no2)ccc1Br. The van der Waals surface area contributed by atoms with E-state index in [4.69, 9.17) is 16.7 Å². The van der Waals surface area contributed by atoms with Crippen LogP contribution in [0.1, 0.15) is 11.5 Å². The van der Waals surface area contributed by atoms with Gasteiger partial charge in [0.15, 0.2) is 5.11 Å². The highest BCUT2D eigenvalue weighted by atomic mass is 79.9. The van der Waals surface area contributed by atoms with Crippen LogP contribution in [0.2, 0.25) is 0 Å². The van der Waals surface area contributed by atoms with Crippen molar-refractivity contribution in [2.75, 3.05) is 5.32 Å². The van der Waals surface area contributed by atoms with E-state index in [0.717, 1.165) is 25.8 Å². The van der Waals surface area contributed by atoms with Crippen molar-refractivity contribution in [3.8, 4) is 11.4 Å². The summed E-state index contributed by atoms with van der Waals surface area (Å²) in [6.45, 7) is 2.37. The maximum Gasteiger partial charge on any atom is 0.246 e. The summed E-state index contributed by atoms with van der Waals surface area (Å²) in [4.78, 5) is 4.37. The third kappa shape index (κ3) is 4.87. The van der Waals surface area contributed by atoms with Crippen molar-refractivity contribution < 1.29 is 4.52 Å².